The maximum absolute atomic E-state index is 12.8. The Morgan fingerprint density at radius 1 is 0.828 bits per heavy atom. The van der Waals surface area contributed by atoms with Gasteiger partial charge in [-0.15, -0.1) is 0 Å². The second kappa shape index (κ2) is 8.48. The van der Waals surface area contributed by atoms with Gasteiger partial charge in [-0.1, -0.05) is 48.5 Å². The molecule has 6 nitrogen and oxygen atoms in total. The molecule has 146 valence electrons. The fourth-order valence-electron chi connectivity index (χ4n) is 3.27. The molecule has 4 rings (SSSR count). The third-order valence-corrected chi connectivity index (χ3v) is 4.67. The Balaban J connectivity index is 1.45. The summed E-state index contributed by atoms with van der Waals surface area (Å²) in [5.74, 6) is -0.230. The molecule has 0 bridgehead atoms. The molecule has 0 fully saturated rings. The van der Waals surface area contributed by atoms with Gasteiger partial charge in [0.2, 0.25) is 0 Å². The lowest BCUT2D eigenvalue weighted by Gasteiger charge is -2.12. The number of furan rings is 1. The molecule has 0 spiro atoms. The van der Waals surface area contributed by atoms with Crippen LogP contribution in [-0.2, 0) is 6.54 Å². The van der Waals surface area contributed by atoms with Crippen LogP contribution in [0.25, 0.3) is 10.9 Å². The van der Waals surface area contributed by atoms with E-state index >= 15 is 0 Å². The number of nitrogens with one attached hydrogen (secondary N) is 2. The van der Waals surface area contributed by atoms with Gasteiger partial charge in [0, 0.05) is 30.5 Å². The highest BCUT2D eigenvalue weighted by Gasteiger charge is 2.16. The summed E-state index contributed by atoms with van der Waals surface area (Å²) in [5.41, 5.74) is 2.72. The molecule has 0 aliphatic heterocycles. The number of carbonyl (C=O) groups is 2. The van der Waals surface area contributed by atoms with Crippen LogP contribution in [0.5, 0.6) is 0 Å². The molecule has 2 aromatic heterocycles. The molecule has 0 saturated carbocycles. The van der Waals surface area contributed by atoms with Gasteiger partial charge in [0.05, 0.1) is 6.26 Å². The van der Waals surface area contributed by atoms with Crippen LogP contribution in [-0.4, -0.2) is 29.5 Å². The Kier molecular flexibility index (Phi) is 5.42. The molecule has 2 amide bonds. The normalized spacial score (nSPS) is 10.8. The highest BCUT2D eigenvalue weighted by molar-refractivity contribution is 5.99. The quantitative estimate of drug-likeness (QED) is 0.477. The van der Waals surface area contributed by atoms with E-state index in [-0.39, 0.29) is 17.6 Å². The average Bonchev–Trinajstić information content (AvgIpc) is 3.41. The van der Waals surface area contributed by atoms with Crippen molar-refractivity contribution in [3.63, 3.8) is 0 Å². The topological polar surface area (TPSA) is 76.3 Å². The zero-order valence-corrected chi connectivity index (χ0v) is 15.8. The number of rotatable bonds is 7. The molecule has 29 heavy (non-hydrogen) atoms. The number of amides is 2. The number of para-hydroxylation sites is 1. The first-order valence-electron chi connectivity index (χ1n) is 9.44. The molecular formula is C23H21N3O3. The lowest BCUT2D eigenvalue weighted by Crippen LogP contribution is -2.35. The van der Waals surface area contributed by atoms with Gasteiger partial charge in [-0.2, -0.15) is 0 Å². The van der Waals surface area contributed by atoms with E-state index in [0.29, 0.717) is 25.3 Å². The van der Waals surface area contributed by atoms with Gasteiger partial charge >= 0.3 is 0 Å². The van der Waals surface area contributed by atoms with Crippen molar-refractivity contribution in [2.24, 2.45) is 0 Å². The van der Waals surface area contributed by atoms with Crippen molar-refractivity contribution in [2.75, 3.05) is 13.1 Å². The van der Waals surface area contributed by atoms with Gasteiger partial charge in [0.25, 0.3) is 11.8 Å². The largest absolute Gasteiger partial charge is 0.459 e. The first kappa shape index (κ1) is 18.6. The van der Waals surface area contributed by atoms with Crippen LogP contribution in [0, 0.1) is 0 Å². The summed E-state index contributed by atoms with van der Waals surface area (Å²) < 4.78 is 7.06. The summed E-state index contributed by atoms with van der Waals surface area (Å²) in [5, 5.41) is 6.61. The summed E-state index contributed by atoms with van der Waals surface area (Å²) >= 11 is 0. The van der Waals surface area contributed by atoms with Crippen molar-refractivity contribution < 1.29 is 14.0 Å². The summed E-state index contributed by atoms with van der Waals surface area (Å²) in [6, 6.07) is 23.1. The first-order valence-corrected chi connectivity index (χ1v) is 9.44. The second-order valence-corrected chi connectivity index (χ2v) is 6.65. The molecule has 2 heterocycles. The summed E-state index contributed by atoms with van der Waals surface area (Å²) in [6.45, 7) is 1.23. The summed E-state index contributed by atoms with van der Waals surface area (Å²) in [6.07, 6.45) is 1.45. The highest BCUT2D eigenvalue weighted by atomic mass is 16.3. The standard InChI is InChI=1S/C23H21N3O3/c27-22(24-12-13-25-23(28)21-11-6-14-29-21)20-15-18-9-4-5-10-19(18)26(20)16-17-7-2-1-3-8-17/h1-11,14-15H,12-13,16H2,(H,24,27)(H,25,28). The molecule has 2 aromatic carbocycles. The number of hydrogen-bond donors (Lipinski definition) is 2. The van der Waals surface area contributed by atoms with E-state index in [9.17, 15) is 9.59 Å². The highest BCUT2D eigenvalue weighted by Crippen LogP contribution is 2.21. The Bertz CT molecular complexity index is 1110. The van der Waals surface area contributed by atoms with E-state index in [0.717, 1.165) is 16.5 Å². The van der Waals surface area contributed by atoms with Crippen molar-refractivity contribution >= 4 is 22.7 Å². The monoisotopic (exact) mass is 387 g/mol. The van der Waals surface area contributed by atoms with Crippen molar-refractivity contribution in [3.05, 3.63) is 96.1 Å². The fourth-order valence-corrected chi connectivity index (χ4v) is 3.27. The maximum Gasteiger partial charge on any atom is 0.287 e. The van der Waals surface area contributed by atoms with Gasteiger partial charge < -0.3 is 19.6 Å². The third kappa shape index (κ3) is 4.21. The lowest BCUT2D eigenvalue weighted by molar-refractivity contribution is 0.0908. The van der Waals surface area contributed by atoms with Crippen LogP contribution in [0.15, 0.2) is 83.5 Å². The van der Waals surface area contributed by atoms with E-state index in [1.165, 1.54) is 6.26 Å². The smallest absolute Gasteiger partial charge is 0.287 e. The van der Waals surface area contributed by atoms with E-state index < -0.39 is 0 Å². The molecule has 0 aliphatic carbocycles. The zero-order valence-electron chi connectivity index (χ0n) is 15.8. The van der Waals surface area contributed by atoms with E-state index in [2.05, 4.69) is 10.6 Å². The lowest BCUT2D eigenvalue weighted by atomic mass is 10.2. The number of aromatic nitrogens is 1. The summed E-state index contributed by atoms with van der Waals surface area (Å²) in [4.78, 5) is 24.7. The van der Waals surface area contributed by atoms with Crippen molar-refractivity contribution in [2.45, 2.75) is 6.54 Å². The van der Waals surface area contributed by atoms with Crippen molar-refractivity contribution in [3.8, 4) is 0 Å². The molecule has 0 unspecified atom stereocenters. The molecule has 0 atom stereocenters. The third-order valence-electron chi connectivity index (χ3n) is 4.67. The Morgan fingerprint density at radius 3 is 2.31 bits per heavy atom. The second-order valence-electron chi connectivity index (χ2n) is 6.65. The van der Waals surface area contributed by atoms with Crippen LogP contribution < -0.4 is 10.6 Å². The van der Waals surface area contributed by atoms with Crippen LogP contribution >= 0.6 is 0 Å². The Labute approximate surface area is 168 Å². The van der Waals surface area contributed by atoms with Gasteiger partial charge in [-0.25, -0.2) is 0 Å². The van der Waals surface area contributed by atoms with Crippen LogP contribution in [0.4, 0.5) is 0 Å². The van der Waals surface area contributed by atoms with Gasteiger partial charge in [-0.05, 0) is 29.8 Å². The summed E-state index contributed by atoms with van der Waals surface area (Å²) in [7, 11) is 0. The minimum absolute atomic E-state index is 0.177. The number of carbonyl (C=O) groups excluding carboxylic acids is 2. The average molecular weight is 387 g/mol. The van der Waals surface area contributed by atoms with Crippen molar-refractivity contribution in [1.29, 1.82) is 0 Å². The van der Waals surface area contributed by atoms with Crippen LogP contribution in [0.1, 0.15) is 26.6 Å². The molecule has 4 aromatic rings. The fraction of sp³-hybridized carbons (Fsp3) is 0.130. The predicted molar refractivity (Wildman–Crippen MR) is 111 cm³/mol. The molecule has 0 radical (unpaired) electrons. The van der Waals surface area contributed by atoms with Gasteiger partial charge in [-0.3, -0.25) is 9.59 Å². The molecule has 2 N–H and O–H groups in total. The van der Waals surface area contributed by atoms with E-state index in [4.69, 9.17) is 4.42 Å². The minimum Gasteiger partial charge on any atom is -0.459 e. The van der Waals surface area contributed by atoms with Gasteiger partial charge in [0.15, 0.2) is 5.76 Å². The first-order chi connectivity index (χ1) is 14.2. The van der Waals surface area contributed by atoms with E-state index in [1.807, 2.05) is 65.2 Å². The molecule has 0 aliphatic rings. The van der Waals surface area contributed by atoms with Crippen LogP contribution in [0.2, 0.25) is 0 Å². The van der Waals surface area contributed by atoms with E-state index in [1.54, 1.807) is 12.1 Å². The SMILES string of the molecule is O=C(NCCNC(=O)c1cc2ccccc2n1Cc1ccccc1)c1ccco1. The van der Waals surface area contributed by atoms with Crippen molar-refractivity contribution in [1.82, 2.24) is 15.2 Å². The van der Waals surface area contributed by atoms with Crippen LogP contribution in [0.3, 0.4) is 0 Å². The predicted octanol–water partition coefficient (Wildman–Crippen LogP) is 3.44. The Hall–Kier alpha value is -3.80. The molecule has 0 saturated heterocycles. The molecular weight excluding hydrogens is 366 g/mol. The zero-order chi connectivity index (χ0) is 20.1. The minimum atomic E-state index is -0.303. The number of fused-ring (bicyclic) bond motifs is 1. The number of nitrogens with zero attached hydrogens (tertiary/aromatic N) is 1. The maximum atomic E-state index is 12.8. The number of hydrogen-bond acceptors (Lipinski definition) is 3. The Morgan fingerprint density at radius 2 is 1.55 bits per heavy atom. The van der Waals surface area contributed by atoms with Gasteiger partial charge in [0.1, 0.15) is 5.69 Å². The number of benzene rings is 2. The molecule has 6 heteroatoms.